The van der Waals surface area contributed by atoms with Crippen molar-refractivity contribution in [3.8, 4) is 0 Å². The Labute approximate surface area is 156 Å². The van der Waals surface area contributed by atoms with E-state index >= 15 is 4.39 Å². The van der Waals surface area contributed by atoms with Crippen LogP contribution in [0.5, 0.6) is 0 Å². The lowest BCUT2D eigenvalue weighted by Gasteiger charge is -2.47. The maximum Gasteiger partial charge on any atom is 0.363 e. The van der Waals surface area contributed by atoms with Crippen LogP contribution in [0.25, 0.3) is 5.57 Å². The van der Waals surface area contributed by atoms with Gasteiger partial charge in [-0.15, -0.1) is 0 Å². The molecule has 0 saturated carbocycles. The van der Waals surface area contributed by atoms with Crippen molar-refractivity contribution in [2.24, 2.45) is 0 Å². The van der Waals surface area contributed by atoms with Crippen LogP contribution in [-0.2, 0) is 25.0 Å². The van der Waals surface area contributed by atoms with E-state index in [1.807, 2.05) is 0 Å². The van der Waals surface area contributed by atoms with E-state index in [1.54, 1.807) is 0 Å². The van der Waals surface area contributed by atoms with Crippen molar-refractivity contribution in [1.82, 2.24) is 0 Å². The fourth-order valence-electron chi connectivity index (χ4n) is 2.82. The van der Waals surface area contributed by atoms with Gasteiger partial charge < -0.3 is 9.29 Å². The quantitative estimate of drug-likeness (QED) is 0.538. The van der Waals surface area contributed by atoms with Crippen molar-refractivity contribution >= 4 is 25.8 Å². The van der Waals surface area contributed by atoms with E-state index in [0.717, 1.165) is 19.1 Å². The van der Waals surface area contributed by atoms with E-state index in [1.165, 1.54) is 6.07 Å². The van der Waals surface area contributed by atoms with Crippen LogP contribution in [0.2, 0.25) is 0 Å². The molecule has 28 heavy (non-hydrogen) atoms. The molecule has 1 aliphatic carbocycles. The Morgan fingerprint density at radius 2 is 1.57 bits per heavy atom. The van der Waals surface area contributed by atoms with E-state index < -0.39 is 65.8 Å². The normalized spacial score (nSPS) is 27.6. The van der Waals surface area contributed by atoms with Gasteiger partial charge in [-0.3, -0.25) is 4.55 Å². The molecule has 0 saturated heterocycles. The Morgan fingerprint density at radius 3 is 1.96 bits per heavy atom. The monoisotopic (exact) mass is 451 g/mol. The predicted octanol–water partition coefficient (Wildman–Crippen LogP) is 2.19. The summed E-state index contributed by atoms with van der Waals surface area (Å²) < 4.78 is 145. The molecule has 2 rings (SSSR count). The molecule has 158 valence electrons. The summed E-state index contributed by atoms with van der Waals surface area (Å²) in [4.78, 5) is -2.18. The largest absolute Gasteiger partial charge is 0.745 e. The SMILES string of the molecule is CCOC1C(S(=O)(=O)O)=C(c2ccccc2)C(F)(S(=O)(=O)[O-])C(F)(F)C1(F)F. The van der Waals surface area contributed by atoms with Crippen molar-refractivity contribution in [1.29, 1.82) is 0 Å². The minimum absolute atomic E-state index is 0.697. The Bertz CT molecular complexity index is 1010. The zero-order chi connectivity index (χ0) is 21.8. The molecule has 7 nitrogen and oxygen atoms in total. The molecular formula is C14H12F5O7S2-. The lowest BCUT2D eigenvalue weighted by molar-refractivity contribution is -0.280. The number of ether oxygens (including phenoxy) is 1. The van der Waals surface area contributed by atoms with Crippen LogP contribution in [0.4, 0.5) is 22.0 Å². The first-order valence-corrected chi connectivity index (χ1v) is 10.2. The molecule has 0 radical (unpaired) electrons. The topological polar surface area (TPSA) is 121 Å². The molecule has 1 N–H and O–H groups in total. The van der Waals surface area contributed by atoms with E-state index in [0.29, 0.717) is 12.1 Å². The second-order valence-corrected chi connectivity index (χ2v) is 8.52. The Kier molecular flexibility index (Phi) is 5.45. The van der Waals surface area contributed by atoms with Crippen molar-refractivity contribution in [2.75, 3.05) is 6.61 Å². The van der Waals surface area contributed by atoms with Crippen molar-refractivity contribution in [3.05, 3.63) is 40.8 Å². The van der Waals surface area contributed by atoms with Gasteiger partial charge >= 0.3 is 11.8 Å². The fraction of sp³-hybridized carbons (Fsp3) is 0.429. The molecule has 0 heterocycles. The number of hydrogen-bond acceptors (Lipinski definition) is 6. The lowest BCUT2D eigenvalue weighted by atomic mass is 9.84. The number of rotatable bonds is 5. The van der Waals surface area contributed by atoms with Gasteiger partial charge in [0.1, 0.15) is 15.0 Å². The van der Waals surface area contributed by atoms with Crippen molar-refractivity contribution < 1.29 is 52.6 Å². The summed E-state index contributed by atoms with van der Waals surface area (Å²) in [6, 6.07) is 4.62. The van der Waals surface area contributed by atoms with Crippen LogP contribution in [0, 0.1) is 0 Å². The molecule has 14 heteroatoms. The fourth-order valence-corrected chi connectivity index (χ4v) is 4.81. The third-order valence-electron chi connectivity index (χ3n) is 3.98. The van der Waals surface area contributed by atoms with Gasteiger partial charge in [-0.2, -0.15) is 26.0 Å². The number of alkyl halides is 5. The van der Waals surface area contributed by atoms with E-state index in [4.69, 9.17) is 0 Å². The maximum atomic E-state index is 15.3. The average molecular weight is 451 g/mol. The second kappa shape index (κ2) is 6.73. The van der Waals surface area contributed by atoms with Gasteiger partial charge in [-0.1, -0.05) is 30.3 Å². The zero-order valence-electron chi connectivity index (χ0n) is 13.8. The van der Waals surface area contributed by atoms with Gasteiger partial charge in [0.25, 0.3) is 15.1 Å². The second-order valence-electron chi connectivity index (χ2n) is 5.66. The summed E-state index contributed by atoms with van der Waals surface area (Å²) in [6.07, 6.45) is -3.47. The van der Waals surface area contributed by atoms with E-state index in [2.05, 4.69) is 4.74 Å². The zero-order valence-corrected chi connectivity index (χ0v) is 15.4. The lowest BCUT2D eigenvalue weighted by Crippen LogP contribution is -2.68. The summed E-state index contributed by atoms with van der Waals surface area (Å²) in [5, 5.41) is -5.73. The molecule has 0 spiro atoms. The summed E-state index contributed by atoms with van der Waals surface area (Å²) in [6.45, 7) is 0.195. The van der Waals surface area contributed by atoms with Crippen LogP contribution in [0.15, 0.2) is 35.2 Å². The van der Waals surface area contributed by atoms with E-state index in [9.17, 15) is 43.5 Å². The minimum atomic E-state index is -6.97. The summed E-state index contributed by atoms with van der Waals surface area (Å²) in [5.41, 5.74) is -3.10. The highest BCUT2D eigenvalue weighted by atomic mass is 32.2. The molecular weight excluding hydrogens is 439 g/mol. The van der Waals surface area contributed by atoms with Crippen LogP contribution in [-0.4, -0.2) is 55.5 Å². The van der Waals surface area contributed by atoms with Crippen molar-refractivity contribution in [2.45, 2.75) is 29.9 Å². The molecule has 2 unspecified atom stereocenters. The number of benzene rings is 1. The minimum Gasteiger partial charge on any atom is -0.745 e. The first kappa shape index (κ1) is 22.7. The summed E-state index contributed by atoms with van der Waals surface area (Å²) in [7, 11) is -12.9. The average Bonchev–Trinajstić information content (AvgIpc) is 2.54. The van der Waals surface area contributed by atoms with E-state index in [-0.39, 0.29) is 0 Å². The van der Waals surface area contributed by atoms with Gasteiger partial charge in [0.2, 0.25) is 0 Å². The van der Waals surface area contributed by atoms with Crippen LogP contribution >= 0.6 is 0 Å². The van der Waals surface area contributed by atoms with Gasteiger partial charge in [0, 0.05) is 12.2 Å². The molecule has 1 aromatic rings. The van der Waals surface area contributed by atoms with Crippen LogP contribution in [0.3, 0.4) is 0 Å². The standard InChI is InChI=1S/C14H13F5O7S2/c1-2-26-11-10(27(20,21)22)9(8-6-4-3-5-7-8)13(17,28(23,24)25)14(18,19)12(11,15)16/h3-7,11H,2H2,1H3,(H,20,21,22)(H,23,24,25)/p-1. The highest BCUT2D eigenvalue weighted by Gasteiger charge is 2.82. The van der Waals surface area contributed by atoms with Crippen molar-refractivity contribution in [3.63, 3.8) is 0 Å². The maximum absolute atomic E-state index is 15.3. The molecule has 0 bridgehead atoms. The number of hydrogen-bond donors (Lipinski definition) is 1. The summed E-state index contributed by atoms with van der Waals surface area (Å²) in [5.74, 6) is -12.1. The molecule has 1 aliphatic rings. The summed E-state index contributed by atoms with van der Waals surface area (Å²) >= 11 is 0. The smallest absolute Gasteiger partial charge is 0.363 e. The molecule has 0 aromatic heterocycles. The Morgan fingerprint density at radius 1 is 1.07 bits per heavy atom. The highest BCUT2D eigenvalue weighted by Crippen LogP contribution is 2.61. The van der Waals surface area contributed by atoms with Gasteiger partial charge in [-0.25, -0.2) is 12.8 Å². The van der Waals surface area contributed by atoms with Crippen LogP contribution < -0.4 is 0 Å². The van der Waals surface area contributed by atoms with Crippen LogP contribution in [0.1, 0.15) is 12.5 Å². The highest BCUT2D eigenvalue weighted by molar-refractivity contribution is 7.90. The van der Waals surface area contributed by atoms with Gasteiger partial charge in [-0.05, 0) is 12.5 Å². The molecule has 0 fully saturated rings. The molecule has 2 atom stereocenters. The predicted molar refractivity (Wildman–Crippen MR) is 83.8 cm³/mol. The van der Waals surface area contributed by atoms with Gasteiger partial charge in [0.05, 0.1) is 0 Å². The molecule has 0 aliphatic heterocycles. The Hall–Kier alpha value is -1.61. The number of halogens is 5. The first-order chi connectivity index (χ1) is 12.5. The van der Waals surface area contributed by atoms with Gasteiger partial charge in [0.15, 0.2) is 6.10 Å². The molecule has 1 aromatic carbocycles. The Balaban J connectivity index is 3.22. The third-order valence-corrected chi connectivity index (χ3v) is 6.10. The molecule has 0 amide bonds. The third kappa shape index (κ3) is 3.03. The first-order valence-electron chi connectivity index (χ1n) is 7.34.